The van der Waals surface area contributed by atoms with E-state index in [2.05, 4.69) is 0 Å². The zero-order chi connectivity index (χ0) is 22.2. The second kappa shape index (κ2) is 8.26. The molecule has 0 atom stereocenters. The van der Waals surface area contributed by atoms with Gasteiger partial charge in [-0.25, -0.2) is 4.98 Å². The fourth-order valence-corrected chi connectivity index (χ4v) is 4.99. The normalized spacial score (nSPS) is 14.8. The molecule has 4 aromatic rings. The van der Waals surface area contributed by atoms with Crippen molar-refractivity contribution >= 4 is 21.9 Å². The van der Waals surface area contributed by atoms with E-state index in [1.54, 1.807) is 17.7 Å². The van der Waals surface area contributed by atoms with Gasteiger partial charge < -0.3 is 9.30 Å². The molecular formula is C26H27N3O3. The Labute approximate surface area is 186 Å². The summed E-state index contributed by atoms with van der Waals surface area (Å²) in [6.07, 6.45) is 6.72. The van der Waals surface area contributed by atoms with Crippen LogP contribution in [0, 0.1) is 5.92 Å². The summed E-state index contributed by atoms with van der Waals surface area (Å²) >= 11 is 0. The standard InChI is InChI=1S/C26H27N3O3/c1-28-21-11-7-6-10-20(21)24(30)23-25(28)27-22(16-17-8-4-3-5-9-17)29(26(23)31)18-12-14-19(32-2)15-13-18/h6-7,10-15,17H,3-5,8-9,16H2,1-2H3. The Morgan fingerprint density at radius 3 is 2.44 bits per heavy atom. The highest BCUT2D eigenvalue weighted by atomic mass is 16.5. The first kappa shape index (κ1) is 20.5. The number of aromatic nitrogens is 3. The van der Waals surface area contributed by atoms with Gasteiger partial charge in [0.05, 0.1) is 18.3 Å². The maximum atomic E-state index is 13.8. The molecule has 0 aliphatic heterocycles. The summed E-state index contributed by atoms with van der Waals surface area (Å²) in [7, 11) is 3.49. The van der Waals surface area contributed by atoms with Crippen LogP contribution < -0.4 is 15.7 Å². The lowest BCUT2D eigenvalue weighted by molar-refractivity contribution is 0.349. The maximum Gasteiger partial charge on any atom is 0.271 e. The fourth-order valence-electron chi connectivity index (χ4n) is 4.99. The SMILES string of the molecule is COc1ccc(-n2c(CC3CCCCC3)nc3c(c(=O)c4ccccc4n3C)c2=O)cc1. The molecule has 164 valence electrons. The molecule has 1 fully saturated rings. The van der Waals surface area contributed by atoms with Crippen molar-refractivity contribution in [2.24, 2.45) is 13.0 Å². The molecule has 2 aromatic carbocycles. The van der Waals surface area contributed by atoms with Crippen molar-refractivity contribution in [3.8, 4) is 11.4 Å². The highest BCUT2D eigenvalue weighted by Crippen LogP contribution is 2.27. The second-order valence-electron chi connectivity index (χ2n) is 8.68. The van der Waals surface area contributed by atoms with E-state index in [1.807, 2.05) is 54.1 Å². The number of ether oxygens (including phenoxy) is 1. The zero-order valence-electron chi connectivity index (χ0n) is 18.5. The number of benzene rings is 2. The molecule has 1 aliphatic rings. The Morgan fingerprint density at radius 1 is 1.00 bits per heavy atom. The minimum atomic E-state index is -0.308. The molecule has 1 saturated carbocycles. The number of rotatable bonds is 4. The Bertz CT molecular complexity index is 1410. The van der Waals surface area contributed by atoms with E-state index in [-0.39, 0.29) is 16.4 Å². The van der Waals surface area contributed by atoms with E-state index in [4.69, 9.17) is 9.72 Å². The second-order valence-corrected chi connectivity index (χ2v) is 8.68. The average Bonchev–Trinajstić information content (AvgIpc) is 2.83. The van der Waals surface area contributed by atoms with Gasteiger partial charge in [-0.2, -0.15) is 0 Å². The van der Waals surface area contributed by atoms with E-state index >= 15 is 0 Å². The van der Waals surface area contributed by atoms with Crippen molar-refractivity contribution in [1.82, 2.24) is 14.1 Å². The Morgan fingerprint density at radius 2 is 1.72 bits per heavy atom. The molecule has 2 heterocycles. The zero-order valence-corrected chi connectivity index (χ0v) is 18.5. The predicted molar refractivity (Wildman–Crippen MR) is 127 cm³/mol. The summed E-state index contributed by atoms with van der Waals surface area (Å²) in [4.78, 5) is 32.2. The molecule has 0 amide bonds. The topological polar surface area (TPSA) is 66.1 Å². The molecule has 32 heavy (non-hydrogen) atoms. The highest BCUT2D eigenvalue weighted by molar-refractivity contribution is 5.91. The molecule has 0 bridgehead atoms. The summed E-state index contributed by atoms with van der Waals surface area (Å²) in [5, 5.41) is 0.664. The van der Waals surface area contributed by atoms with Crippen LogP contribution in [-0.2, 0) is 13.5 Å². The van der Waals surface area contributed by atoms with E-state index in [0.29, 0.717) is 34.2 Å². The molecule has 0 saturated heterocycles. The molecular weight excluding hydrogens is 402 g/mol. The molecule has 0 radical (unpaired) electrons. The third-order valence-corrected chi connectivity index (χ3v) is 6.72. The quantitative estimate of drug-likeness (QED) is 0.452. The molecule has 0 N–H and O–H groups in total. The van der Waals surface area contributed by atoms with Gasteiger partial charge in [-0.15, -0.1) is 0 Å². The van der Waals surface area contributed by atoms with Crippen molar-refractivity contribution in [2.45, 2.75) is 38.5 Å². The van der Waals surface area contributed by atoms with Gasteiger partial charge in [0, 0.05) is 18.9 Å². The predicted octanol–water partition coefficient (Wildman–Crippen LogP) is 4.37. The summed E-state index contributed by atoms with van der Waals surface area (Å²) < 4.78 is 8.79. The van der Waals surface area contributed by atoms with Crippen LogP contribution in [0.15, 0.2) is 58.1 Å². The lowest BCUT2D eigenvalue weighted by Gasteiger charge is -2.23. The van der Waals surface area contributed by atoms with E-state index < -0.39 is 0 Å². The number of fused-ring (bicyclic) bond motifs is 2. The van der Waals surface area contributed by atoms with Gasteiger partial charge in [0.1, 0.15) is 17.0 Å². The van der Waals surface area contributed by atoms with Gasteiger partial charge in [0.25, 0.3) is 5.56 Å². The number of hydrogen-bond donors (Lipinski definition) is 0. The molecule has 0 spiro atoms. The number of aryl methyl sites for hydroxylation is 1. The number of methoxy groups -OCH3 is 1. The minimum absolute atomic E-state index is 0.134. The van der Waals surface area contributed by atoms with Crippen LogP contribution >= 0.6 is 0 Å². The average molecular weight is 430 g/mol. The van der Waals surface area contributed by atoms with Gasteiger partial charge in [0.2, 0.25) is 5.43 Å². The first-order chi connectivity index (χ1) is 15.6. The van der Waals surface area contributed by atoms with Crippen LogP contribution in [0.5, 0.6) is 5.75 Å². The van der Waals surface area contributed by atoms with Crippen LogP contribution in [0.25, 0.3) is 27.6 Å². The van der Waals surface area contributed by atoms with Gasteiger partial charge in [-0.3, -0.25) is 14.2 Å². The molecule has 2 aromatic heterocycles. The van der Waals surface area contributed by atoms with E-state index in [0.717, 1.165) is 24.8 Å². The van der Waals surface area contributed by atoms with Gasteiger partial charge >= 0.3 is 0 Å². The van der Waals surface area contributed by atoms with Crippen LogP contribution in [-0.4, -0.2) is 21.2 Å². The van der Waals surface area contributed by atoms with Gasteiger partial charge in [-0.1, -0.05) is 44.2 Å². The number of nitrogens with zero attached hydrogens (tertiary/aromatic N) is 3. The summed E-state index contributed by atoms with van der Waals surface area (Å²) in [5.74, 6) is 1.92. The lowest BCUT2D eigenvalue weighted by atomic mass is 9.86. The Balaban J connectivity index is 1.81. The van der Waals surface area contributed by atoms with Crippen LogP contribution in [0.1, 0.15) is 37.9 Å². The van der Waals surface area contributed by atoms with Crippen LogP contribution in [0.2, 0.25) is 0 Å². The van der Waals surface area contributed by atoms with Gasteiger partial charge in [0.15, 0.2) is 5.65 Å². The highest BCUT2D eigenvalue weighted by Gasteiger charge is 2.22. The van der Waals surface area contributed by atoms with Crippen molar-refractivity contribution < 1.29 is 4.74 Å². The van der Waals surface area contributed by atoms with Crippen LogP contribution in [0.3, 0.4) is 0 Å². The Kier molecular flexibility index (Phi) is 5.29. The smallest absolute Gasteiger partial charge is 0.271 e. The minimum Gasteiger partial charge on any atom is -0.497 e. The van der Waals surface area contributed by atoms with E-state index in [1.165, 1.54) is 19.3 Å². The lowest BCUT2D eigenvalue weighted by Crippen LogP contribution is -2.30. The van der Waals surface area contributed by atoms with Gasteiger partial charge in [-0.05, 0) is 42.3 Å². The van der Waals surface area contributed by atoms with Crippen molar-refractivity contribution in [1.29, 1.82) is 0 Å². The molecule has 1 aliphatic carbocycles. The van der Waals surface area contributed by atoms with Crippen molar-refractivity contribution in [2.75, 3.05) is 7.11 Å². The van der Waals surface area contributed by atoms with Crippen LogP contribution in [0.4, 0.5) is 0 Å². The third-order valence-electron chi connectivity index (χ3n) is 6.72. The number of para-hydroxylation sites is 1. The first-order valence-electron chi connectivity index (χ1n) is 11.3. The van der Waals surface area contributed by atoms with Crippen molar-refractivity contribution in [3.63, 3.8) is 0 Å². The first-order valence-corrected chi connectivity index (χ1v) is 11.3. The largest absolute Gasteiger partial charge is 0.497 e. The summed E-state index contributed by atoms with van der Waals surface area (Å²) in [5.41, 5.74) is 1.36. The molecule has 0 unspecified atom stereocenters. The molecule has 6 nitrogen and oxygen atoms in total. The van der Waals surface area contributed by atoms with Crippen molar-refractivity contribution in [3.05, 3.63) is 74.9 Å². The monoisotopic (exact) mass is 429 g/mol. The summed E-state index contributed by atoms with van der Waals surface area (Å²) in [6, 6.07) is 14.7. The number of hydrogen-bond acceptors (Lipinski definition) is 4. The van der Waals surface area contributed by atoms with E-state index in [9.17, 15) is 9.59 Å². The maximum absolute atomic E-state index is 13.8. The fraction of sp³-hybridized carbons (Fsp3) is 0.346. The Hall–Kier alpha value is -3.41. The molecule has 5 rings (SSSR count). The third kappa shape index (κ3) is 3.40. The molecule has 6 heteroatoms. The summed E-state index contributed by atoms with van der Waals surface area (Å²) in [6.45, 7) is 0. The number of pyridine rings is 1.